The smallest absolute Gasteiger partial charge is 0.323 e. The fourth-order valence-corrected chi connectivity index (χ4v) is 3.01. The van der Waals surface area contributed by atoms with Gasteiger partial charge in [0.15, 0.2) is 0 Å². The van der Waals surface area contributed by atoms with Gasteiger partial charge >= 0.3 is 5.69 Å². The van der Waals surface area contributed by atoms with Crippen molar-refractivity contribution < 1.29 is 5.11 Å². The molecule has 3 rings (SSSR count). The van der Waals surface area contributed by atoms with E-state index < -0.39 is 0 Å². The number of aliphatic hydroxyl groups is 1. The Hall–Kier alpha value is -1.59. The highest BCUT2D eigenvalue weighted by Gasteiger charge is 2.22. The van der Waals surface area contributed by atoms with E-state index in [0.717, 1.165) is 42.4 Å². The van der Waals surface area contributed by atoms with Crippen molar-refractivity contribution >= 4 is 11.0 Å². The second-order valence-electron chi connectivity index (χ2n) is 5.85. The molecule has 0 spiro atoms. The van der Waals surface area contributed by atoms with Crippen molar-refractivity contribution in [3.8, 4) is 0 Å². The van der Waals surface area contributed by atoms with Crippen molar-refractivity contribution in [3.63, 3.8) is 0 Å². The largest absolute Gasteiger partial charge is 0.393 e. The molecule has 0 amide bonds. The number of hydrogen-bond donors (Lipinski definition) is 4. The first kappa shape index (κ1) is 13.4. The van der Waals surface area contributed by atoms with Crippen LogP contribution in [0.3, 0.4) is 0 Å². The number of hydrogen-bond acceptors (Lipinski definition) is 3. The van der Waals surface area contributed by atoms with Gasteiger partial charge in [-0.05, 0) is 56.3 Å². The van der Waals surface area contributed by atoms with Crippen molar-refractivity contribution in [2.45, 2.75) is 38.3 Å². The molecule has 4 N–H and O–H groups in total. The van der Waals surface area contributed by atoms with Gasteiger partial charge in [-0.15, -0.1) is 0 Å². The Morgan fingerprint density at radius 2 is 2.15 bits per heavy atom. The van der Waals surface area contributed by atoms with Crippen molar-refractivity contribution in [1.29, 1.82) is 0 Å². The molecule has 3 unspecified atom stereocenters. The lowest BCUT2D eigenvalue weighted by molar-refractivity contribution is 0.177. The topological polar surface area (TPSA) is 80.9 Å². The Kier molecular flexibility index (Phi) is 3.63. The summed E-state index contributed by atoms with van der Waals surface area (Å²) in [4.78, 5) is 16.8. The monoisotopic (exact) mass is 275 g/mol. The first-order valence-electron chi connectivity index (χ1n) is 7.25. The maximum absolute atomic E-state index is 11.3. The van der Waals surface area contributed by atoms with E-state index in [1.165, 1.54) is 0 Å². The minimum Gasteiger partial charge on any atom is -0.393 e. The number of fused-ring (bicyclic) bond motifs is 1. The lowest BCUT2D eigenvalue weighted by atomic mass is 10.0. The molecule has 0 aliphatic heterocycles. The number of aliphatic hydroxyl groups excluding tert-OH is 1. The molecule has 108 valence electrons. The fraction of sp³-hybridized carbons (Fsp3) is 0.533. The summed E-state index contributed by atoms with van der Waals surface area (Å²) in [5.41, 5.74) is 2.67. The van der Waals surface area contributed by atoms with E-state index in [0.29, 0.717) is 5.92 Å². The summed E-state index contributed by atoms with van der Waals surface area (Å²) >= 11 is 0. The summed E-state index contributed by atoms with van der Waals surface area (Å²) in [6.07, 6.45) is 2.82. The van der Waals surface area contributed by atoms with Gasteiger partial charge in [-0.25, -0.2) is 4.79 Å². The van der Waals surface area contributed by atoms with Crippen LogP contribution in [0.1, 0.15) is 37.8 Å². The van der Waals surface area contributed by atoms with Gasteiger partial charge in [0, 0.05) is 6.04 Å². The van der Waals surface area contributed by atoms with Crippen LogP contribution in [0.25, 0.3) is 11.0 Å². The molecule has 0 saturated heterocycles. The molecule has 1 saturated carbocycles. The van der Waals surface area contributed by atoms with Crippen LogP contribution in [-0.4, -0.2) is 27.7 Å². The van der Waals surface area contributed by atoms with E-state index in [9.17, 15) is 9.90 Å². The third-order valence-electron chi connectivity index (χ3n) is 4.27. The first-order valence-corrected chi connectivity index (χ1v) is 7.25. The van der Waals surface area contributed by atoms with E-state index in [-0.39, 0.29) is 17.8 Å². The molecule has 1 fully saturated rings. The van der Waals surface area contributed by atoms with Crippen LogP contribution in [0.4, 0.5) is 0 Å². The van der Waals surface area contributed by atoms with Crippen molar-refractivity contribution in [3.05, 3.63) is 34.2 Å². The van der Waals surface area contributed by atoms with E-state index in [2.05, 4.69) is 22.2 Å². The second-order valence-corrected chi connectivity index (χ2v) is 5.85. The van der Waals surface area contributed by atoms with Gasteiger partial charge < -0.3 is 20.4 Å². The van der Waals surface area contributed by atoms with Crippen molar-refractivity contribution in [2.24, 2.45) is 5.92 Å². The Morgan fingerprint density at radius 3 is 2.90 bits per heavy atom. The van der Waals surface area contributed by atoms with E-state index in [4.69, 9.17) is 0 Å². The number of imidazole rings is 1. The van der Waals surface area contributed by atoms with Crippen molar-refractivity contribution in [2.75, 3.05) is 6.54 Å². The Bertz CT molecular complexity index is 646. The summed E-state index contributed by atoms with van der Waals surface area (Å²) < 4.78 is 0. The van der Waals surface area contributed by atoms with Gasteiger partial charge in [-0.1, -0.05) is 6.07 Å². The molecule has 0 radical (unpaired) electrons. The molecule has 1 aliphatic rings. The van der Waals surface area contributed by atoms with Crippen LogP contribution in [0, 0.1) is 5.92 Å². The zero-order chi connectivity index (χ0) is 14.1. The van der Waals surface area contributed by atoms with Crippen LogP contribution in [0.15, 0.2) is 23.0 Å². The zero-order valence-corrected chi connectivity index (χ0v) is 11.6. The Labute approximate surface area is 117 Å². The van der Waals surface area contributed by atoms with E-state index >= 15 is 0 Å². The van der Waals surface area contributed by atoms with Crippen LogP contribution < -0.4 is 11.0 Å². The number of aromatic nitrogens is 2. The summed E-state index contributed by atoms with van der Waals surface area (Å²) in [5.74, 6) is 0.572. The number of aromatic amines is 2. The molecular formula is C15H21N3O2. The normalized spacial score (nSPS) is 24.3. The minimum atomic E-state index is -0.169. The molecule has 1 aromatic heterocycles. The third-order valence-corrected chi connectivity index (χ3v) is 4.27. The van der Waals surface area contributed by atoms with Crippen LogP contribution in [0.5, 0.6) is 0 Å². The molecule has 1 aromatic carbocycles. The maximum Gasteiger partial charge on any atom is 0.323 e. The number of H-pyrrole nitrogens is 2. The fourth-order valence-electron chi connectivity index (χ4n) is 3.01. The van der Waals surface area contributed by atoms with E-state index in [1.807, 2.05) is 18.2 Å². The van der Waals surface area contributed by atoms with Crippen LogP contribution >= 0.6 is 0 Å². The maximum atomic E-state index is 11.3. The number of nitrogens with one attached hydrogen (secondary N) is 3. The quantitative estimate of drug-likeness (QED) is 0.685. The van der Waals surface area contributed by atoms with Crippen LogP contribution in [-0.2, 0) is 0 Å². The highest BCUT2D eigenvalue weighted by Crippen LogP contribution is 2.25. The third kappa shape index (κ3) is 2.78. The molecule has 5 heteroatoms. The van der Waals surface area contributed by atoms with Gasteiger partial charge in [0.25, 0.3) is 0 Å². The zero-order valence-electron chi connectivity index (χ0n) is 11.6. The average molecular weight is 275 g/mol. The highest BCUT2D eigenvalue weighted by atomic mass is 16.3. The predicted molar refractivity (Wildman–Crippen MR) is 78.7 cm³/mol. The average Bonchev–Trinajstić information content (AvgIpc) is 2.99. The lowest BCUT2D eigenvalue weighted by Crippen LogP contribution is -2.25. The second kappa shape index (κ2) is 5.42. The van der Waals surface area contributed by atoms with Crippen molar-refractivity contribution in [1.82, 2.24) is 15.3 Å². The molecule has 1 heterocycles. The molecule has 1 aliphatic carbocycles. The highest BCUT2D eigenvalue weighted by molar-refractivity contribution is 5.75. The number of benzene rings is 1. The summed E-state index contributed by atoms with van der Waals surface area (Å²) in [7, 11) is 0. The van der Waals surface area contributed by atoms with Gasteiger partial charge in [-0.3, -0.25) is 0 Å². The molecule has 20 heavy (non-hydrogen) atoms. The summed E-state index contributed by atoms with van der Waals surface area (Å²) in [6.45, 7) is 3.05. The van der Waals surface area contributed by atoms with E-state index in [1.54, 1.807) is 0 Å². The van der Waals surface area contributed by atoms with Gasteiger partial charge in [0.1, 0.15) is 0 Å². The van der Waals surface area contributed by atoms with Gasteiger partial charge in [0.05, 0.1) is 17.1 Å². The predicted octanol–water partition coefficient (Wildman–Crippen LogP) is 1.67. The minimum absolute atomic E-state index is 0.113. The molecule has 0 bridgehead atoms. The number of rotatable bonds is 4. The molecule has 3 atom stereocenters. The standard InChI is InChI=1S/C15H21N3O2/c1-9(16-8-10-2-4-12(19)6-10)11-3-5-13-14(7-11)18-15(20)17-13/h3,5,7,9-10,12,16,19H,2,4,6,8H2,1H3,(H2,17,18,20). The molecule has 2 aromatic rings. The Morgan fingerprint density at radius 1 is 1.35 bits per heavy atom. The van der Waals surface area contributed by atoms with Crippen LogP contribution in [0.2, 0.25) is 0 Å². The lowest BCUT2D eigenvalue weighted by Gasteiger charge is -2.17. The molecular weight excluding hydrogens is 254 g/mol. The summed E-state index contributed by atoms with van der Waals surface area (Å²) in [6, 6.07) is 6.21. The SMILES string of the molecule is CC(NCC1CCC(O)C1)c1ccc2[nH]c(=O)[nH]c2c1. The molecule has 5 nitrogen and oxygen atoms in total. The van der Waals surface area contributed by atoms with Gasteiger partial charge in [0.2, 0.25) is 0 Å². The Balaban J connectivity index is 1.65. The summed E-state index contributed by atoms with van der Waals surface area (Å²) in [5, 5.41) is 13.1. The van der Waals surface area contributed by atoms with Gasteiger partial charge in [-0.2, -0.15) is 0 Å². The first-order chi connectivity index (χ1) is 9.61.